The van der Waals surface area contributed by atoms with Gasteiger partial charge in [-0.2, -0.15) is 0 Å². The van der Waals surface area contributed by atoms with Crippen molar-refractivity contribution >= 4 is 11.7 Å². The van der Waals surface area contributed by atoms with E-state index in [1.807, 2.05) is 20.8 Å². The molecular weight excluding hydrogens is 258 g/mol. The number of carboxylic acid groups (broad SMARTS) is 1. The molecule has 0 spiro atoms. The smallest absolute Gasteiger partial charge is 0.339 e. The molecule has 2 N–H and O–H groups in total. The summed E-state index contributed by atoms with van der Waals surface area (Å²) in [5.74, 6) is 0.295. The molecule has 2 aromatic rings. The Labute approximate surface area is 116 Å². The van der Waals surface area contributed by atoms with E-state index in [9.17, 15) is 9.90 Å². The van der Waals surface area contributed by atoms with Crippen molar-refractivity contribution in [1.82, 2.24) is 9.97 Å². The lowest BCUT2D eigenvalue weighted by Gasteiger charge is -2.11. The summed E-state index contributed by atoms with van der Waals surface area (Å²) in [7, 11) is 0. The molecule has 0 aliphatic carbocycles. The van der Waals surface area contributed by atoms with E-state index in [1.54, 1.807) is 13.0 Å². The van der Waals surface area contributed by atoms with E-state index in [1.165, 1.54) is 0 Å². The maximum atomic E-state index is 11.3. The van der Waals surface area contributed by atoms with Crippen molar-refractivity contribution < 1.29 is 14.3 Å². The van der Waals surface area contributed by atoms with Crippen molar-refractivity contribution in [3.63, 3.8) is 0 Å². The van der Waals surface area contributed by atoms with E-state index < -0.39 is 5.97 Å². The number of anilines is 1. The lowest BCUT2D eigenvalue weighted by Crippen LogP contribution is -2.10. The molecule has 0 aliphatic rings. The molecule has 0 unspecified atom stereocenters. The van der Waals surface area contributed by atoms with Gasteiger partial charge >= 0.3 is 5.97 Å². The van der Waals surface area contributed by atoms with Crippen molar-refractivity contribution in [2.24, 2.45) is 0 Å². The van der Waals surface area contributed by atoms with E-state index >= 15 is 0 Å². The Hall–Kier alpha value is -2.37. The van der Waals surface area contributed by atoms with Crippen LogP contribution in [0.25, 0.3) is 0 Å². The van der Waals surface area contributed by atoms with E-state index in [2.05, 4.69) is 15.3 Å². The van der Waals surface area contributed by atoms with E-state index in [4.69, 9.17) is 4.42 Å². The van der Waals surface area contributed by atoms with Crippen LogP contribution in [0, 0.1) is 27.7 Å². The van der Waals surface area contributed by atoms with Crippen molar-refractivity contribution in [2.75, 3.05) is 5.32 Å². The van der Waals surface area contributed by atoms with E-state index in [0.717, 1.165) is 17.1 Å². The number of nitrogens with zero attached hydrogens (tertiary/aromatic N) is 2. The third-order valence-corrected chi connectivity index (χ3v) is 3.05. The largest absolute Gasteiger partial charge is 0.478 e. The third kappa shape index (κ3) is 2.79. The third-order valence-electron chi connectivity index (χ3n) is 3.05. The fraction of sp³-hybridized carbons (Fsp3) is 0.357. The molecule has 20 heavy (non-hydrogen) atoms. The molecule has 0 bridgehead atoms. The first-order chi connectivity index (χ1) is 9.38. The number of carbonyl (C=O) groups is 1. The Bertz CT molecular complexity index is 642. The highest BCUT2D eigenvalue weighted by atomic mass is 16.4. The fourth-order valence-corrected chi connectivity index (χ4v) is 2.02. The Morgan fingerprint density at radius 3 is 2.50 bits per heavy atom. The van der Waals surface area contributed by atoms with Gasteiger partial charge in [-0.25, -0.2) is 9.78 Å². The summed E-state index contributed by atoms with van der Waals surface area (Å²) in [6.07, 6.45) is 0. The standard InChI is InChI=1S/C14H17N3O3/c1-7-5-11(13(14(18)19)9(3)16-7)15-6-12-17-8(2)10(4)20-12/h5H,6H2,1-4H3,(H,15,16)(H,18,19). The number of rotatable bonds is 4. The lowest BCUT2D eigenvalue weighted by molar-refractivity contribution is 0.0696. The Kier molecular flexibility index (Phi) is 3.74. The molecule has 0 radical (unpaired) electrons. The number of aromatic nitrogens is 2. The monoisotopic (exact) mass is 275 g/mol. The molecule has 6 nitrogen and oxygen atoms in total. The second kappa shape index (κ2) is 5.32. The van der Waals surface area contributed by atoms with E-state index in [-0.39, 0.29) is 5.56 Å². The molecule has 0 fully saturated rings. The summed E-state index contributed by atoms with van der Waals surface area (Å²) in [6, 6.07) is 1.71. The summed E-state index contributed by atoms with van der Waals surface area (Å²) in [4.78, 5) is 19.7. The second-order valence-corrected chi connectivity index (χ2v) is 4.68. The van der Waals surface area contributed by atoms with Gasteiger partial charge in [0.25, 0.3) is 0 Å². The number of oxazole rings is 1. The van der Waals surface area contributed by atoms with Crippen LogP contribution in [-0.2, 0) is 6.54 Å². The van der Waals surface area contributed by atoms with Crippen LogP contribution in [-0.4, -0.2) is 21.0 Å². The highest BCUT2D eigenvalue weighted by Crippen LogP contribution is 2.21. The SMILES string of the molecule is Cc1cc(NCc2nc(C)c(C)o2)c(C(=O)O)c(C)n1. The average Bonchev–Trinajstić information content (AvgIpc) is 2.64. The zero-order valence-electron chi connectivity index (χ0n) is 11.9. The van der Waals surface area contributed by atoms with Gasteiger partial charge in [-0.15, -0.1) is 0 Å². The summed E-state index contributed by atoms with van der Waals surface area (Å²) in [5.41, 5.74) is 2.78. The Morgan fingerprint density at radius 2 is 1.95 bits per heavy atom. The quantitative estimate of drug-likeness (QED) is 0.891. The predicted octanol–water partition coefficient (Wildman–Crippen LogP) is 2.61. The number of hydrogen-bond donors (Lipinski definition) is 2. The number of pyridine rings is 1. The zero-order chi connectivity index (χ0) is 14.9. The molecule has 2 aromatic heterocycles. The van der Waals surface area contributed by atoms with Crippen LogP contribution in [0.3, 0.4) is 0 Å². The first-order valence-corrected chi connectivity index (χ1v) is 6.26. The molecule has 2 rings (SSSR count). The summed E-state index contributed by atoms with van der Waals surface area (Å²) in [6.45, 7) is 7.54. The van der Waals surface area contributed by atoms with Crippen LogP contribution in [0.1, 0.15) is 39.1 Å². The highest BCUT2D eigenvalue weighted by Gasteiger charge is 2.16. The van der Waals surface area contributed by atoms with Gasteiger partial charge in [0.1, 0.15) is 11.3 Å². The van der Waals surface area contributed by atoms with Crippen LogP contribution < -0.4 is 5.32 Å². The minimum Gasteiger partial charge on any atom is -0.478 e. The molecule has 2 heterocycles. The summed E-state index contributed by atoms with van der Waals surface area (Å²) in [5, 5.41) is 12.3. The van der Waals surface area contributed by atoms with Gasteiger partial charge in [0.15, 0.2) is 0 Å². The second-order valence-electron chi connectivity index (χ2n) is 4.68. The minimum atomic E-state index is -1.00. The van der Waals surface area contributed by atoms with Crippen molar-refractivity contribution in [2.45, 2.75) is 34.2 Å². The molecular formula is C14H17N3O3. The number of aryl methyl sites for hydroxylation is 4. The van der Waals surface area contributed by atoms with Crippen molar-refractivity contribution in [1.29, 1.82) is 0 Å². The molecule has 0 saturated carbocycles. The van der Waals surface area contributed by atoms with E-state index in [0.29, 0.717) is 23.8 Å². The number of hydrogen-bond acceptors (Lipinski definition) is 5. The Balaban J connectivity index is 2.26. The first kappa shape index (κ1) is 14.0. The lowest BCUT2D eigenvalue weighted by atomic mass is 10.1. The normalized spacial score (nSPS) is 10.6. The number of carboxylic acids is 1. The summed E-state index contributed by atoms with van der Waals surface area (Å²) < 4.78 is 5.46. The summed E-state index contributed by atoms with van der Waals surface area (Å²) >= 11 is 0. The maximum Gasteiger partial charge on any atom is 0.339 e. The van der Waals surface area contributed by atoms with Gasteiger partial charge in [-0.1, -0.05) is 0 Å². The fourth-order valence-electron chi connectivity index (χ4n) is 2.02. The maximum absolute atomic E-state index is 11.3. The van der Waals surface area contributed by atoms with Gasteiger partial charge in [-0.3, -0.25) is 4.98 Å². The average molecular weight is 275 g/mol. The molecule has 0 aliphatic heterocycles. The molecule has 6 heteroatoms. The molecule has 0 amide bonds. The van der Waals surface area contributed by atoms with Crippen molar-refractivity contribution in [3.05, 3.63) is 40.4 Å². The first-order valence-electron chi connectivity index (χ1n) is 6.26. The van der Waals surface area contributed by atoms with Crippen LogP contribution >= 0.6 is 0 Å². The van der Waals surface area contributed by atoms with Gasteiger partial charge < -0.3 is 14.8 Å². The molecule has 0 atom stereocenters. The van der Waals surface area contributed by atoms with Gasteiger partial charge in [0.2, 0.25) is 5.89 Å². The molecule has 0 saturated heterocycles. The van der Waals surface area contributed by atoms with Crippen molar-refractivity contribution in [3.8, 4) is 0 Å². The number of aromatic carboxylic acids is 1. The van der Waals surface area contributed by atoms with Crippen LogP contribution in [0.15, 0.2) is 10.5 Å². The minimum absolute atomic E-state index is 0.176. The number of nitrogens with one attached hydrogen (secondary N) is 1. The topological polar surface area (TPSA) is 88.2 Å². The van der Waals surface area contributed by atoms with Crippen LogP contribution in [0.5, 0.6) is 0 Å². The molecule has 106 valence electrons. The van der Waals surface area contributed by atoms with Crippen LogP contribution in [0.2, 0.25) is 0 Å². The Morgan fingerprint density at radius 1 is 1.25 bits per heavy atom. The predicted molar refractivity (Wildman–Crippen MR) is 74.0 cm³/mol. The molecule has 0 aromatic carbocycles. The highest BCUT2D eigenvalue weighted by molar-refractivity contribution is 5.95. The van der Waals surface area contributed by atoms with Crippen LogP contribution in [0.4, 0.5) is 5.69 Å². The van der Waals surface area contributed by atoms with Gasteiger partial charge in [-0.05, 0) is 33.8 Å². The van der Waals surface area contributed by atoms with Gasteiger partial charge in [0, 0.05) is 5.69 Å². The van der Waals surface area contributed by atoms with Gasteiger partial charge in [0.05, 0.1) is 23.6 Å². The zero-order valence-corrected chi connectivity index (χ0v) is 11.9.